The van der Waals surface area contributed by atoms with Crippen molar-refractivity contribution < 1.29 is 9.59 Å². The summed E-state index contributed by atoms with van der Waals surface area (Å²) in [6.45, 7) is 2.64. The van der Waals surface area contributed by atoms with Gasteiger partial charge >= 0.3 is 6.03 Å². The first kappa shape index (κ1) is 13.5. The Morgan fingerprint density at radius 3 is 3.06 bits per heavy atom. The quantitative estimate of drug-likeness (QED) is 0.495. The van der Waals surface area contributed by atoms with Crippen LogP contribution < -0.4 is 16.0 Å². The Morgan fingerprint density at radius 1 is 1.44 bits per heavy atom. The summed E-state index contributed by atoms with van der Waals surface area (Å²) in [4.78, 5) is 22.5. The van der Waals surface area contributed by atoms with Gasteiger partial charge in [-0.1, -0.05) is 6.42 Å². The molecule has 18 heavy (non-hydrogen) atoms. The van der Waals surface area contributed by atoms with Gasteiger partial charge in [0.2, 0.25) is 5.91 Å². The largest absolute Gasteiger partial charge is 0.356 e. The number of thioether (sulfide) groups is 1. The van der Waals surface area contributed by atoms with Crippen molar-refractivity contribution in [3.63, 3.8) is 0 Å². The molecule has 0 bridgehead atoms. The summed E-state index contributed by atoms with van der Waals surface area (Å²) in [6.07, 6.45) is 3.67. The van der Waals surface area contributed by atoms with Crippen molar-refractivity contribution in [1.29, 1.82) is 0 Å². The molecular formula is C12H21N3O2S. The van der Waals surface area contributed by atoms with Crippen molar-refractivity contribution in [1.82, 2.24) is 16.0 Å². The Bertz CT molecular complexity index is 324. The number of unbranched alkanes of at least 4 members (excludes halogenated alkanes) is 1. The van der Waals surface area contributed by atoms with Crippen LogP contribution in [0.5, 0.6) is 0 Å². The molecule has 6 heteroatoms. The van der Waals surface area contributed by atoms with E-state index >= 15 is 0 Å². The van der Waals surface area contributed by atoms with E-state index in [0.717, 1.165) is 25.0 Å². The van der Waals surface area contributed by atoms with Crippen LogP contribution in [-0.2, 0) is 4.79 Å². The van der Waals surface area contributed by atoms with E-state index in [2.05, 4.69) is 16.0 Å². The second-order valence-electron chi connectivity index (χ2n) is 4.82. The minimum absolute atomic E-state index is 0.0300. The van der Waals surface area contributed by atoms with E-state index < -0.39 is 0 Å². The maximum Gasteiger partial charge on any atom is 0.315 e. The fraction of sp³-hybridized carbons (Fsp3) is 0.833. The molecule has 0 aliphatic carbocycles. The Labute approximate surface area is 112 Å². The highest BCUT2D eigenvalue weighted by molar-refractivity contribution is 8.00. The van der Waals surface area contributed by atoms with Crippen LogP contribution in [0.15, 0.2) is 0 Å². The molecule has 2 rings (SSSR count). The van der Waals surface area contributed by atoms with E-state index in [1.165, 1.54) is 0 Å². The van der Waals surface area contributed by atoms with Gasteiger partial charge in [0.15, 0.2) is 0 Å². The summed E-state index contributed by atoms with van der Waals surface area (Å²) in [5, 5.41) is 9.23. The lowest BCUT2D eigenvalue weighted by Gasteiger charge is -2.16. The molecule has 2 fully saturated rings. The fourth-order valence-electron chi connectivity index (χ4n) is 2.56. The van der Waals surface area contributed by atoms with Gasteiger partial charge in [0.1, 0.15) is 0 Å². The van der Waals surface area contributed by atoms with Crippen LogP contribution in [0.1, 0.15) is 32.6 Å². The van der Waals surface area contributed by atoms with Crippen LogP contribution in [0.4, 0.5) is 4.79 Å². The number of carbonyl (C=O) groups excluding carboxylic acids is 2. The first-order valence-electron chi connectivity index (χ1n) is 6.66. The number of hydrogen-bond donors (Lipinski definition) is 3. The molecule has 0 aromatic heterocycles. The van der Waals surface area contributed by atoms with Crippen LogP contribution in [0, 0.1) is 0 Å². The molecule has 0 radical (unpaired) electrons. The molecular weight excluding hydrogens is 250 g/mol. The van der Waals surface area contributed by atoms with Gasteiger partial charge in [0.05, 0.1) is 12.1 Å². The van der Waals surface area contributed by atoms with Gasteiger partial charge in [-0.25, -0.2) is 4.79 Å². The minimum atomic E-state index is -0.0300. The van der Waals surface area contributed by atoms with Crippen LogP contribution in [-0.4, -0.2) is 41.6 Å². The molecule has 3 N–H and O–H groups in total. The van der Waals surface area contributed by atoms with Crippen LogP contribution in [0.2, 0.25) is 0 Å². The number of amides is 3. The number of rotatable bonds is 6. The highest BCUT2D eigenvalue weighted by atomic mass is 32.2. The van der Waals surface area contributed by atoms with E-state index in [4.69, 9.17) is 0 Å². The summed E-state index contributed by atoms with van der Waals surface area (Å²) in [5.74, 6) is 1.15. The minimum Gasteiger partial charge on any atom is -0.356 e. The van der Waals surface area contributed by atoms with Crippen molar-refractivity contribution in [2.45, 2.75) is 49.9 Å². The average molecular weight is 271 g/mol. The molecule has 2 heterocycles. The zero-order chi connectivity index (χ0) is 13.0. The molecule has 2 aliphatic rings. The predicted octanol–water partition coefficient (Wildman–Crippen LogP) is 0.848. The molecule has 2 saturated heterocycles. The summed E-state index contributed by atoms with van der Waals surface area (Å²) in [7, 11) is 0. The number of nitrogens with one attached hydrogen (secondary N) is 3. The second kappa shape index (κ2) is 6.31. The van der Waals surface area contributed by atoms with Crippen molar-refractivity contribution >= 4 is 23.7 Å². The maximum atomic E-state index is 11.3. The monoisotopic (exact) mass is 271 g/mol. The van der Waals surface area contributed by atoms with Crippen LogP contribution >= 0.6 is 11.8 Å². The lowest BCUT2D eigenvalue weighted by Crippen LogP contribution is -2.36. The predicted molar refractivity (Wildman–Crippen MR) is 72.6 cm³/mol. The maximum absolute atomic E-state index is 11.3. The normalized spacial score (nSPS) is 29.6. The fourth-order valence-corrected chi connectivity index (χ4v) is 4.10. The zero-order valence-corrected chi connectivity index (χ0v) is 11.5. The topological polar surface area (TPSA) is 70.2 Å². The van der Waals surface area contributed by atoms with E-state index in [0.29, 0.717) is 24.3 Å². The first-order valence-corrected chi connectivity index (χ1v) is 7.71. The number of fused-ring (bicyclic) bond motifs is 1. The Hall–Kier alpha value is -0.910. The summed E-state index contributed by atoms with van der Waals surface area (Å²) >= 11 is 1.93. The summed E-state index contributed by atoms with van der Waals surface area (Å²) in [6, 6.07) is 0.556. The number of carbonyl (C=O) groups is 2. The standard InChI is InChI=1S/C12H21N3O2S/c1-2-13-10(16)6-4-3-5-9-11-8(7-18-9)14-12(17)15-11/h8-9,11H,2-7H2,1H3,(H,13,16)(H2,14,15,17)/t8?,9-,11-/m0/s1. The molecule has 0 aromatic rings. The first-order chi connectivity index (χ1) is 8.70. The molecule has 0 spiro atoms. The van der Waals surface area contributed by atoms with E-state index in [9.17, 15) is 9.59 Å². The Morgan fingerprint density at radius 2 is 2.28 bits per heavy atom. The van der Waals surface area contributed by atoms with Gasteiger partial charge in [0, 0.05) is 24.0 Å². The molecule has 102 valence electrons. The number of urea groups is 1. The Kier molecular flexibility index (Phi) is 4.74. The molecule has 5 nitrogen and oxygen atoms in total. The van der Waals surface area contributed by atoms with Gasteiger partial charge in [-0.05, 0) is 19.8 Å². The third-order valence-electron chi connectivity index (χ3n) is 3.45. The van der Waals surface area contributed by atoms with E-state index in [1.807, 2.05) is 18.7 Å². The lowest BCUT2D eigenvalue weighted by atomic mass is 10.0. The zero-order valence-electron chi connectivity index (χ0n) is 10.7. The second-order valence-corrected chi connectivity index (χ2v) is 6.09. The highest BCUT2D eigenvalue weighted by Crippen LogP contribution is 2.33. The molecule has 1 unspecified atom stereocenters. The van der Waals surface area contributed by atoms with Crippen molar-refractivity contribution in [3.8, 4) is 0 Å². The smallest absolute Gasteiger partial charge is 0.315 e. The van der Waals surface area contributed by atoms with Gasteiger partial charge in [-0.2, -0.15) is 11.8 Å². The van der Waals surface area contributed by atoms with Crippen molar-refractivity contribution in [3.05, 3.63) is 0 Å². The average Bonchev–Trinajstić information content (AvgIpc) is 2.85. The molecule has 0 aromatic carbocycles. The van der Waals surface area contributed by atoms with Gasteiger partial charge < -0.3 is 16.0 Å². The van der Waals surface area contributed by atoms with Gasteiger partial charge in [-0.3, -0.25) is 4.79 Å². The van der Waals surface area contributed by atoms with Crippen molar-refractivity contribution in [2.24, 2.45) is 0 Å². The third-order valence-corrected chi connectivity index (χ3v) is 4.96. The van der Waals surface area contributed by atoms with Gasteiger partial charge in [-0.15, -0.1) is 0 Å². The molecule has 2 aliphatic heterocycles. The lowest BCUT2D eigenvalue weighted by molar-refractivity contribution is -0.121. The number of hydrogen-bond acceptors (Lipinski definition) is 3. The van der Waals surface area contributed by atoms with E-state index in [1.54, 1.807) is 0 Å². The SMILES string of the molecule is CCNC(=O)CCCC[C@@H]1SCC2NC(=O)N[C@@H]21. The van der Waals surface area contributed by atoms with Crippen LogP contribution in [0.25, 0.3) is 0 Å². The molecule has 0 saturated carbocycles. The summed E-state index contributed by atoms with van der Waals surface area (Å²) < 4.78 is 0. The molecule has 3 atom stereocenters. The molecule has 3 amide bonds. The van der Waals surface area contributed by atoms with Crippen LogP contribution in [0.3, 0.4) is 0 Å². The highest BCUT2D eigenvalue weighted by Gasteiger charge is 2.42. The van der Waals surface area contributed by atoms with Gasteiger partial charge in [0.25, 0.3) is 0 Å². The van der Waals surface area contributed by atoms with E-state index in [-0.39, 0.29) is 18.0 Å². The van der Waals surface area contributed by atoms with Crippen molar-refractivity contribution in [2.75, 3.05) is 12.3 Å². The Balaban J connectivity index is 1.62. The third kappa shape index (κ3) is 3.31. The summed E-state index contributed by atoms with van der Waals surface area (Å²) in [5.41, 5.74) is 0.